The van der Waals surface area contributed by atoms with Crippen molar-refractivity contribution in [3.05, 3.63) is 52.5 Å². The Morgan fingerprint density at radius 3 is 2.75 bits per heavy atom. The summed E-state index contributed by atoms with van der Waals surface area (Å²) in [6, 6.07) is 7.18. The van der Waals surface area contributed by atoms with Crippen LogP contribution in [-0.2, 0) is 28.9 Å². The molecule has 1 aliphatic rings. The van der Waals surface area contributed by atoms with Gasteiger partial charge in [-0.15, -0.1) is 0 Å². The van der Waals surface area contributed by atoms with Gasteiger partial charge in [-0.2, -0.15) is 0 Å². The van der Waals surface area contributed by atoms with E-state index in [1.165, 1.54) is 17.8 Å². The molecule has 32 heavy (non-hydrogen) atoms. The maximum atomic E-state index is 14.7. The summed E-state index contributed by atoms with van der Waals surface area (Å²) in [5.41, 5.74) is 3.56. The van der Waals surface area contributed by atoms with Crippen molar-refractivity contribution in [3.63, 3.8) is 0 Å². The maximum absolute atomic E-state index is 14.7. The monoisotopic (exact) mass is 457 g/mol. The van der Waals surface area contributed by atoms with Gasteiger partial charge in [-0.05, 0) is 52.8 Å². The van der Waals surface area contributed by atoms with Crippen molar-refractivity contribution >= 4 is 28.4 Å². The number of rotatable bonds is 7. The Morgan fingerprint density at radius 1 is 1.25 bits per heavy atom. The number of fused-ring (bicyclic) bond motifs is 2. The fourth-order valence-electron chi connectivity index (χ4n) is 4.22. The molecular formula is C24H28FN3O3S. The number of anilines is 1. The first kappa shape index (κ1) is 22.8. The minimum absolute atomic E-state index is 0.137. The van der Waals surface area contributed by atoms with Crippen LogP contribution in [0, 0.1) is 5.82 Å². The highest BCUT2D eigenvalue weighted by atomic mass is 32.2. The molecule has 0 radical (unpaired) electrons. The molecule has 0 saturated heterocycles. The molecule has 2 aromatic carbocycles. The van der Waals surface area contributed by atoms with E-state index < -0.39 is 0 Å². The van der Waals surface area contributed by atoms with Gasteiger partial charge in [0.25, 0.3) is 0 Å². The number of aromatic nitrogens is 2. The lowest BCUT2D eigenvalue weighted by molar-refractivity contribution is 0.0258. The van der Waals surface area contributed by atoms with Gasteiger partial charge in [-0.1, -0.05) is 24.8 Å². The summed E-state index contributed by atoms with van der Waals surface area (Å²) < 4.78 is 31.9. The number of hydrogen-bond acceptors (Lipinski definition) is 7. The first-order chi connectivity index (χ1) is 15.5. The lowest BCUT2D eigenvalue weighted by Crippen LogP contribution is -2.23. The molecule has 0 N–H and O–H groups in total. The molecule has 4 rings (SSSR count). The SMILES string of the molecule is CCc1c(F)ccc2cc(OCOC)cc(C3Cc4nc(SC)nc(N(C)C)c4CO3)c12. The highest BCUT2D eigenvalue weighted by Gasteiger charge is 2.29. The summed E-state index contributed by atoms with van der Waals surface area (Å²) in [5, 5.41) is 2.54. The van der Waals surface area contributed by atoms with Crippen molar-refractivity contribution < 1.29 is 18.6 Å². The summed E-state index contributed by atoms with van der Waals surface area (Å²) in [6.07, 6.45) is 2.86. The molecule has 0 saturated carbocycles. The van der Waals surface area contributed by atoms with E-state index >= 15 is 0 Å². The van der Waals surface area contributed by atoms with E-state index in [0.717, 1.165) is 38.6 Å². The second kappa shape index (κ2) is 9.60. The molecular weight excluding hydrogens is 429 g/mol. The van der Waals surface area contributed by atoms with Gasteiger partial charge < -0.3 is 19.1 Å². The summed E-state index contributed by atoms with van der Waals surface area (Å²) in [4.78, 5) is 11.4. The van der Waals surface area contributed by atoms with Crippen LogP contribution in [0.2, 0.25) is 0 Å². The van der Waals surface area contributed by atoms with Gasteiger partial charge in [-0.25, -0.2) is 14.4 Å². The molecule has 2 heterocycles. The first-order valence-electron chi connectivity index (χ1n) is 10.6. The highest BCUT2D eigenvalue weighted by Crippen LogP contribution is 2.40. The third-order valence-corrected chi connectivity index (χ3v) is 6.23. The number of hydrogen-bond donors (Lipinski definition) is 0. The molecule has 3 aromatic rings. The Bertz CT molecular complexity index is 1140. The summed E-state index contributed by atoms with van der Waals surface area (Å²) in [5.74, 6) is 1.34. The number of ether oxygens (including phenoxy) is 3. The Labute approximate surface area is 192 Å². The average molecular weight is 458 g/mol. The van der Waals surface area contributed by atoms with Gasteiger partial charge in [0.2, 0.25) is 0 Å². The maximum Gasteiger partial charge on any atom is 0.189 e. The third kappa shape index (κ3) is 4.27. The van der Waals surface area contributed by atoms with E-state index in [2.05, 4.69) is 4.98 Å². The van der Waals surface area contributed by atoms with Crippen LogP contribution in [0.3, 0.4) is 0 Å². The van der Waals surface area contributed by atoms with E-state index in [-0.39, 0.29) is 18.7 Å². The van der Waals surface area contributed by atoms with E-state index in [4.69, 9.17) is 19.2 Å². The van der Waals surface area contributed by atoms with Gasteiger partial charge in [0.05, 0.1) is 18.4 Å². The zero-order valence-electron chi connectivity index (χ0n) is 19.1. The van der Waals surface area contributed by atoms with Gasteiger partial charge >= 0.3 is 0 Å². The second-order valence-corrected chi connectivity index (χ2v) is 8.67. The Morgan fingerprint density at radius 2 is 2.06 bits per heavy atom. The van der Waals surface area contributed by atoms with Crippen LogP contribution in [0.15, 0.2) is 29.4 Å². The normalized spacial score (nSPS) is 15.6. The van der Waals surface area contributed by atoms with Gasteiger partial charge in [0.15, 0.2) is 11.9 Å². The van der Waals surface area contributed by atoms with Crippen molar-refractivity contribution in [2.45, 2.75) is 37.6 Å². The third-order valence-electron chi connectivity index (χ3n) is 5.68. The quantitative estimate of drug-likeness (QED) is 0.284. The molecule has 170 valence electrons. The predicted molar refractivity (Wildman–Crippen MR) is 125 cm³/mol. The molecule has 1 aromatic heterocycles. The van der Waals surface area contributed by atoms with Crippen LogP contribution in [0.5, 0.6) is 5.75 Å². The van der Waals surface area contributed by atoms with Crippen LogP contribution in [-0.4, -0.2) is 44.2 Å². The largest absolute Gasteiger partial charge is 0.468 e. The van der Waals surface area contributed by atoms with Crippen molar-refractivity contribution in [1.29, 1.82) is 0 Å². The van der Waals surface area contributed by atoms with Gasteiger partial charge in [-0.3, -0.25) is 0 Å². The van der Waals surface area contributed by atoms with E-state index in [1.807, 2.05) is 44.3 Å². The van der Waals surface area contributed by atoms with E-state index in [1.54, 1.807) is 13.2 Å². The Hall–Kier alpha value is -2.42. The first-order valence-corrected chi connectivity index (χ1v) is 11.8. The molecule has 0 amide bonds. The average Bonchev–Trinajstić information content (AvgIpc) is 2.81. The number of aryl methyl sites for hydroxylation is 1. The number of methoxy groups -OCH3 is 1. The fraction of sp³-hybridized carbons (Fsp3) is 0.417. The van der Waals surface area contributed by atoms with Gasteiger partial charge in [0, 0.05) is 33.2 Å². The molecule has 0 bridgehead atoms. The zero-order chi connectivity index (χ0) is 22.8. The highest BCUT2D eigenvalue weighted by molar-refractivity contribution is 7.98. The van der Waals surface area contributed by atoms with Crippen LogP contribution in [0.4, 0.5) is 10.2 Å². The van der Waals surface area contributed by atoms with Crippen LogP contribution >= 0.6 is 11.8 Å². The fourth-order valence-corrected chi connectivity index (χ4v) is 4.60. The van der Waals surface area contributed by atoms with E-state index in [9.17, 15) is 4.39 Å². The van der Waals surface area contributed by atoms with Crippen LogP contribution < -0.4 is 9.64 Å². The summed E-state index contributed by atoms with van der Waals surface area (Å²) in [6.45, 7) is 2.50. The van der Waals surface area contributed by atoms with Crippen molar-refractivity contribution in [2.24, 2.45) is 0 Å². The molecule has 1 aliphatic heterocycles. The van der Waals surface area contributed by atoms with Crippen molar-refractivity contribution in [3.8, 4) is 5.75 Å². The Balaban J connectivity index is 1.85. The molecule has 0 spiro atoms. The minimum Gasteiger partial charge on any atom is -0.468 e. The number of thioether (sulfide) groups is 1. The molecule has 1 atom stereocenters. The van der Waals surface area contributed by atoms with Crippen LogP contribution in [0.25, 0.3) is 10.8 Å². The van der Waals surface area contributed by atoms with Crippen molar-refractivity contribution in [1.82, 2.24) is 9.97 Å². The van der Waals surface area contributed by atoms with Gasteiger partial charge in [0.1, 0.15) is 17.4 Å². The standard InChI is InChI=1S/C24H28FN3O3S/c1-6-16-19(25)8-7-14-9-15(31-13-29-4)10-17(22(14)16)21-11-20-18(12-30-21)23(28(2)3)27-24(26-20)32-5/h7-10,21H,6,11-13H2,1-5H3. The van der Waals surface area contributed by atoms with Crippen LogP contribution in [0.1, 0.15) is 35.4 Å². The van der Waals surface area contributed by atoms with E-state index in [0.29, 0.717) is 30.8 Å². The number of halogens is 1. The minimum atomic E-state index is -0.275. The summed E-state index contributed by atoms with van der Waals surface area (Å²) >= 11 is 1.52. The lowest BCUT2D eigenvalue weighted by atomic mass is 9.91. The molecule has 6 nitrogen and oxygen atoms in total. The second-order valence-electron chi connectivity index (χ2n) is 7.90. The molecule has 0 fully saturated rings. The topological polar surface area (TPSA) is 56.7 Å². The Kier molecular flexibility index (Phi) is 6.83. The van der Waals surface area contributed by atoms with Crippen molar-refractivity contribution in [2.75, 3.05) is 39.2 Å². The molecule has 1 unspecified atom stereocenters. The number of nitrogens with zero attached hydrogens (tertiary/aromatic N) is 3. The summed E-state index contributed by atoms with van der Waals surface area (Å²) in [7, 11) is 5.53. The molecule has 8 heteroatoms. The lowest BCUT2D eigenvalue weighted by Gasteiger charge is -2.29. The predicted octanol–water partition coefficient (Wildman–Crippen LogP) is 4.92. The number of benzene rings is 2. The smallest absolute Gasteiger partial charge is 0.189 e. The zero-order valence-corrected chi connectivity index (χ0v) is 19.9. The molecule has 0 aliphatic carbocycles.